The first-order chi connectivity index (χ1) is 8.89. The largest absolute Gasteiger partial charge is 0.387 e. The van der Waals surface area contributed by atoms with Gasteiger partial charge in [0.05, 0.1) is 17.6 Å². The predicted octanol–water partition coefficient (Wildman–Crippen LogP) is 3.98. The van der Waals surface area contributed by atoms with E-state index >= 15 is 0 Å². The van der Waals surface area contributed by atoms with E-state index in [9.17, 15) is 10.4 Å². The van der Waals surface area contributed by atoms with Gasteiger partial charge in [-0.1, -0.05) is 19.1 Å². The van der Waals surface area contributed by atoms with Gasteiger partial charge in [0.25, 0.3) is 0 Å². The number of hydrogen-bond acceptors (Lipinski definition) is 2. The summed E-state index contributed by atoms with van der Waals surface area (Å²) in [4.78, 5) is 0. The van der Waals surface area contributed by atoms with Crippen molar-refractivity contribution in [3.63, 3.8) is 0 Å². The molecule has 0 bridgehead atoms. The number of benzene rings is 1. The van der Waals surface area contributed by atoms with E-state index in [-0.39, 0.29) is 0 Å². The summed E-state index contributed by atoms with van der Waals surface area (Å²) >= 11 is 0. The van der Waals surface area contributed by atoms with Gasteiger partial charge in [0, 0.05) is 0 Å². The second-order valence-corrected chi connectivity index (χ2v) is 6.31. The highest BCUT2D eigenvalue weighted by Crippen LogP contribution is 2.50. The highest BCUT2D eigenvalue weighted by molar-refractivity contribution is 5.39. The van der Waals surface area contributed by atoms with Crippen LogP contribution in [0.1, 0.15) is 54.5 Å². The summed E-state index contributed by atoms with van der Waals surface area (Å²) < 4.78 is 0. The van der Waals surface area contributed by atoms with E-state index in [0.717, 1.165) is 30.4 Å². The highest BCUT2D eigenvalue weighted by atomic mass is 16.3. The molecule has 0 amide bonds. The molecule has 102 valence electrons. The molecule has 1 aliphatic rings. The van der Waals surface area contributed by atoms with Gasteiger partial charge in [-0.25, -0.2) is 0 Å². The molecule has 1 N–H and O–H groups in total. The van der Waals surface area contributed by atoms with Crippen molar-refractivity contribution >= 4 is 0 Å². The number of nitrogens with zero attached hydrogens (tertiary/aromatic N) is 1. The van der Waals surface area contributed by atoms with Crippen LogP contribution < -0.4 is 0 Å². The lowest BCUT2D eigenvalue weighted by atomic mass is 9.76. The van der Waals surface area contributed by atoms with Gasteiger partial charge >= 0.3 is 0 Å². The van der Waals surface area contributed by atoms with Gasteiger partial charge in [-0.3, -0.25) is 0 Å². The monoisotopic (exact) mass is 257 g/mol. The van der Waals surface area contributed by atoms with Crippen molar-refractivity contribution in [2.75, 3.05) is 0 Å². The minimum atomic E-state index is -0.665. The standard InChI is InChI=1S/C17H23NO/c1-11-5-6-17(9-11,10-18)16(19)15-8-13(3)12(2)7-14(15)4/h7-8,11,16,19H,5-6,9H2,1-4H3. The van der Waals surface area contributed by atoms with E-state index < -0.39 is 11.5 Å². The Balaban J connectivity index is 2.42. The Labute approximate surface area is 116 Å². The first-order valence-corrected chi connectivity index (χ1v) is 7.06. The molecule has 2 nitrogen and oxygen atoms in total. The second-order valence-electron chi connectivity index (χ2n) is 6.31. The number of aliphatic hydroxyl groups is 1. The molecule has 1 saturated carbocycles. The SMILES string of the molecule is Cc1cc(C)c(C(O)C2(C#N)CCC(C)C2)cc1C. The van der Waals surface area contributed by atoms with Crippen molar-refractivity contribution in [2.45, 2.75) is 53.1 Å². The van der Waals surface area contributed by atoms with Crippen LogP contribution in [0.4, 0.5) is 0 Å². The van der Waals surface area contributed by atoms with Gasteiger partial charge in [-0.05, 0) is 68.2 Å². The van der Waals surface area contributed by atoms with Gasteiger partial charge in [0.1, 0.15) is 0 Å². The van der Waals surface area contributed by atoms with Crippen LogP contribution in [0.25, 0.3) is 0 Å². The molecule has 0 aromatic heterocycles. The molecule has 0 aliphatic heterocycles. The molecule has 3 unspecified atom stereocenters. The summed E-state index contributed by atoms with van der Waals surface area (Å²) in [6.45, 7) is 8.32. The zero-order valence-corrected chi connectivity index (χ0v) is 12.3. The summed E-state index contributed by atoms with van der Waals surface area (Å²) in [5.74, 6) is 0.529. The Morgan fingerprint density at radius 2 is 1.89 bits per heavy atom. The topological polar surface area (TPSA) is 44.0 Å². The van der Waals surface area contributed by atoms with Crippen LogP contribution in [0.3, 0.4) is 0 Å². The molecule has 1 aromatic rings. The summed E-state index contributed by atoms with van der Waals surface area (Å²) in [6, 6.07) is 6.58. The molecule has 0 saturated heterocycles. The molecule has 1 aliphatic carbocycles. The normalized spacial score (nSPS) is 28.1. The minimum absolute atomic E-state index is 0.529. The fourth-order valence-corrected chi connectivity index (χ4v) is 3.32. The number of aliphatic hydroxyl groups excluding tert-OH is 1. The molecule has 0 radical (unpaired) electrons. The Morgan fingerprint density at radius 3 is 2.42 bits per heavy atom. The number of aryl methyl sites for hydroxylation is 3. The molecule has 1 aromatic carbocycles. The molecule has 19 heavy (non-hydrogen) atoms. The third-order valence-electron chi connectivity index (χ3n) is 4.72. The van der Waals surface area contributed by atoms with Crippen molar-refractivity contribution in [1.29, 1.82) is 5.26 Å². The fraction of sp³-hybridized carbons (Fsp3) is 0.588. The maximum absolute atomic E-state index is 10.8. The average molecular weight is 257 g/mol. The fourth-order valence-electron chi connectivity index (χ4n) is 3.32. The van der Waals surface area contributed by atoms with Crippen molar-refractivity contribution in [3.05, 3.63) is 34.4 Å². The van der Waals surface area contributed by atoms with Crippen LogP contribution >= 0.6 is 0 Å². The third-order valence-corrected chi connectivity index (χ3v) is 4.72. The molecular formula is C17H23NO. The third kappa shape index (κ3) is 2.40. The average Bonchev–Trinajstić information content (AvgIpc) is 2.76. The lowest BCUT2D eigenvalue weighted by Crippen LogP contribution is -2.25. The van der Waals surface area contributed by atoms with Crippen molar-refractivity contribution in [2.24, 2.45) is 11.3 Å². The van der Waals surface area contributed by atoms with E-state index in [1.54, 1.807) is 0 Å². The molecule has 0 heterocycles. The maximum atomic E-state index is 10.8. The first-order valence-electron chi connectivity index (χ1n) is 7.06. The van der Waals surface area contributed by atoms with Gasteiger partial charge in [-0.15, -0.1) is 0 Å². The van der Waals surface area contributed by atoms with Crippen LogP contribution in [0.5, 0.6) is 0 Å². The van der Waals surface area contributed by atoms with E-state index in [2.05, 4.69) is 39.0 Å². The van der Waals surface area contributed by atoms with Crippen molar-refractivity contribution < 1.29 is 5.11 Å². The van der Waals surface area contributed by atoms with E-state index in [0.29, 0.717) is 5.92 Å². The zero-order valence-electron chi connectivity index (χ0n) is 12.3. The highest BCUT2D eigenvalue weighted by Gasteiger charge is 2.44. The second kappa shape index (κ2) is 4.98. The van der Waals surface area contributed by atoms with E-state index in [4.69, 9.17) is 0 Å². The summed E-state index contributed by atoms with van der Waals surface area (Å²) in [7, 11) is 0. The molecule has 0 spiro atoms. The van der Waals surface area contributed by atoms with Gasteiger partial charge in [0.2, 0.25) is 0 Å². The predicted molar refractivity (Wildman–Crippen MR) is 76.7 cm³/mol. The molecule has 1 fully saturated rings. The van der Waals surface area contributed by atoms with Crippen LogP contribution in [0.15, 0.2) is 12.1 Å². The lowest BCUT2D eigenvalue weighted by Gasteiger charge is -2.29. The van der Waals surface area contributed by atoms with Gasteiger partial charge in [0.15, 0.2) is 0 Å². The lowest BCUT2D eigenvalue weighted by molar-refractivity contribution is 0.0641. The molecule has 2 heteroatoms. The minimum Gasteiger partial charge on any atom is -0.387 e. The Kier molecular flexibility index (Phi) is 3.69. The first kappa shape index (κ1) is 14.1. The summed E-state index contributed by atoms with van der Waals surface area (Å²) in [5, 5.41) is 20.3. The summed E-state index contributed by atoms with van der Waals surface area (Å²) in [5.41, 5.74) is 3.84. The van der Waals surface area contributed by atoms with Crippen LogP contribution in [-0.2, 0) is 0 Å². The Hall–Kier alpha value is -1.33. The van der Waals surface area contributed by atoms with E-state index in [1.165, 1.54) is 11.1 Å². The Bertz CT molecular complexity index is 529. The van der Waals surface area contributed by atoms with Crippen molar-refractivity contribution in [1.82, 2.24) is 0 Å². The Morgan fingerprint density at radius 1 is 1.26 bits per heavy atom. The molecule has 3 atom stereocenters. The number of nitriles is 1. The maximum Gasteiger partial charge on any atom is 0.0979 e. The molecule has 2 rings (SSSR count). The summed E-state index contributed by atoms with van der Waals surface area (Å²) in [6.07, 6.45) is 1.98. The van der Waals surface area contributed by atoms with Crippen LogP contribution in [0.2, 0.25) is 0 Å². The smallest absolute Gasteiger partial charge is 0.0979 e. The van der Waals surface area contributed by atoms with Crippen LogP contribution in [-0.4, -0.2) is 5.11 Å². The number of hydrogen-bond donors (Lipinski definition) is 1. The van der Waals surface area contributed by atoms with E-state index in [1.807, 2.05) is 6.92 Å². The quantitative estimate of drug-likeness (QED) is 0.871. The van der Waals surface area contributed by atoms with Gasteiger partial charge < -0.3 is 5.11 Å². The van der Waals surface area contributed by atoms with Gasteiger partial charge in [-0.2, -0.15) is 5.26 Å². The van der Waals surface area contributed by atoms with Crippen molar-refractivity contribution in [3.8, 4) is 6.07 Å². The number of rotatable bonds is 2. The molecular weight excluding hydrogens is 234 g/mol. The van der Waals surface area contributed by atoms with Crippen LogP contribution in [0, 0.1) is 43.4 Å². The zero-order chi connectivity index (χ0) is 14.2.